The van der Waals surface area contributed by atoms with E-state index in [9.17, 15) is 0 Å². The molecule has 0 aliphatic carbocycles. The van der Waals surface area contributed by atoms with E-state index in [1.165, 1.54) is 0 Å². The van der Waals surface area contributed by atoms with Gasteiger partial charge in [-0.15, -0.1) is 11.3 Å². The first-order valence-corrected chi connectivity index (χ1v) is 6.94. The molecular weight excluding hydrogens is 274 g/mol. The molecule has 3 rings (SSSR count). The third-order valence-corrected chi connectivity index (χ3v) is 3.76. The topological polar surface area (TPSA) is 89.3 Å². The smallest absolute Gasteiger partial charge is 0.146 e. The van der Waals surface area contributed by atoms with Gasteiger partial charge in [-0.05, 0) is 12.1 Å². The van der Waals surface area contributed by atoms with Crippen LogP contribution in [0.3, 0.4) is 0 Å². The molecule has 3 N–H and O–H groups in total. The van der Waals surface area contributed by atoms with E-state index >= 15 is 0 Å². The molecule has 0 saturated carbocycles. The highest BCUT2D eigenvalue weighted by Crippen LogP contribution is 2.19. The number of hydrogen-bond donors (Lipinski definition) is 2. The van der Waals surface area contributed by atoms with Crippen LogP contribution in [-0.2, 0) is 13.0 Å². The van der Waals surface area contributed by atoms with Crippen LogP contribution in [0.15, 0.2) is 41.1 Å². The lowest BCUT2D eigenvalue weighted by Gasteiger charge is -2.07. The maximum Gasteiger partial charge on any atom is 0.146 e. The maximum absolute atomic E-state index is 8.74. The fraction of sp³-hybridized carbons (Fsp3) is 0.154. The number of nitrogens with two attached hydrogens (primary N) is 1. The summed E-state index contributed by atoms with van der Waals surface area (Å²) in [6.45, 7) is 0.680. The molecule has 0 aliphatic heterocycles. The van der Waals surface area contributed by atoms with Crippen molar-refractivity contribution in [3.05, 3.63) is 46.7 Å². The predicted molar refractivity (Wildman–Crippen MR) is 78.1 cm³/mol. The molecule has 0 atom stereocenters. The van der Waals surface area contributed by atoms with Crippen LogP contribution in [0.4, 0.5) is 0 Å². The van der Waals surface area contributed by atoms with Crippen molar-refractivity contribution in [3.63, 3.8) is 0 Å². The van der Waals surface area contributed by atoms with Gasteiger partial charge < -0.3 is 15.5 Å². The summed E-state index contributed by atoms with van der Waals surface area (Å²) < 4.78 is 2.07. The van der Waals surface area contributed by atoms with E-state index < -0.39 is 0 Å². The van der Waals surface area contributed by atoms with Crippen LogP contribution in [0.5, 0.6) is 0 Å². The second-order valence-corrected chi connectivity index (χ2v) is 5.31. The first-order chi connectivity index (χ1) is 9.78. The van der Waals surface area contributed by atoms with E-state index in [-0.39, 0.29) is 5.84 Å². The maximum atomic E-state index is 8.74. The largest absolute Gasteiger partial charge is 0.409 e. The van der Waals surface area contributed by atoms with Crippen LogP contribution in [0.2, 0.25) is 0 Å². The quantitative estimate of drug-likeness (QED) is 0.331. The first-order valence-electron chi connectivity index (χ1n) is 6.06. The van der Waals surface area contributed by atoms with Crippen molar-refractivity contribution in [1.82, 2.24) is 14.5 Å². The summed E-state index contributed by atoms with van der Waals surface area (Å²) in [6.07, 6.45) is 2.15. The fourth-order valence-electron chi connectivity index (χ4n) is 2.11. The molecule has 7 heteroatoms. The molecule has 0 spiro atoms. The summed E-state index contributed by atoms with van der Waals surface area (Å²) in [7, 11) is 0. The zero-order valence-electron chi connectivity index (χ0n) is 10.6. The van der Waals surface area contributed by atoms with E-state index in [0.717, 1.165) is 21.7 Å². The van der Waals surface area contributed by atoms with Gasteiger partial charge in [-0.2, -0.15) is 0 Å². The summed E-state index contributed by atoms with van der Waals surface area (Å²) in [5.74, 6) is 0.917. The molecule has 0 fully saturated rings. The Morgan fingerprint density at radius 2 is 2.25 bits per heavy atom. The molecular formula is C13H13N5OS. The summed E-state index contributed by atoms with van der Waals surface area (Å²) in [6, 6.07) is 7.88. The number of nitrogens with zero attached hydrogens (tertiary/aromatic N) is 4. The normalized spacial score (nSPS) is 12.1. The van der Waals surface area contributed by atoms with Gasteiger partial charge in [0.25, 0.3) is 0 Å². The van der Waals surface area contributed by atoms with Crippen LogP contribution < -0.4 is 5.73 Å². The third-order valence-electron chi connectivity index (χ3n) is 3.00. The van der Waals surface area contributed by atoms with E-state index in [1.807, 2.05) is 30.5 Å². The van der Waals surface area contributed by atoms with Crippen molar-refractivity contribution in [2.24, 2.45) is 10.9 Å². The van der Waals surface area contributed by atoms with Crippen molar-refractivity contribution in [3.8, 4) is 0 Å². The van der Waals surface area contributed by atoms with Gasteiger partial charge in [0.1, 0.15) is 11.7 Å². The molecule has 20 heavy (non-hydrogen) atoms. The summed E-state index contributed by atoms with van der Waals surface area (Å²) in [5, 5.41) is 11.8. The average Bonchev–Trinajstić information content (AvgIpc) is 3.08. The Hall–Kier alpha value is -2.41. The standard InChI is InChI=1S/C13H13N5OS/c14-12(17-19)5-13-16-10-3-1-2-4-11(10)18(13)7-9-6-15-8-20-9/h1-4,6,8,19H,5,7H2,(H2,14,17). The lowest BCUT2D eigenvalue weighted by molar-refractivity contribution is 0.317. The van der Waals surface area contributed by atoms with Gasteiger partial charge >= 0.3 is 0 Å². The molecule has 0 radical (unpaired) electrons. The molecule has 0 saturated heterocycles. The molecule has 0 bridgehead atoms. The van der Waals surface area contributed by atoms with E-state index in [1.54, 1.807) is 16.8 Å². The van der Waals surface area contributed by atoms with E-state index in [0.29, 0.717) is 13.0 Å². The van der Waals surface area contributed by atoms with Gasteiger partial charge in [-0.3, -0.25) is 4.98 Å². The van der Waals surface area contributed by atoms with E-state index in [2.05, 4.69) is 19.7 Å². The number of rotatable bonds is 4. The molecule has 0 unspecified atom stereocenters. The highest BCUT2D eigenvalue weighted by atomic mass is 32.1. The number of para-hydroxylation sites is 2. The molecule has 2 aromatic heterocycles. The van der Waals surface area contributed by atoms with Gasteiger partial charge in [-0.25, -0.2) is 4.98 Å². The second-order valence-electron chi connectivity index (χ2n) is 4.34. The SMILES string of the molecule is N/C(Cc1nc2ccccc2n1Cc1cncs1)=N/O. The summed E-state index contributed by atoms with van der Waals surface area (Å²) in [5.41, 5.74) is 9.34. The number of thiazole rings is 1. The van der Waals surface area contributed by atoms with Gasteiger partial charge in [0.05, 0.1) is 29.5 Å². The Balaban J connectivity index is 2.07. The van der Waals surface area contributed by atoms with Gasteiger partial charge in [0.15, 0.2) is 0 Å². The zero-order chi connectivity index (χ0) is 13.9. The van der Waals surface area contributed by atoms with Crippen LogP contribution in [0.25, 0.3) is 11.0 Å². The molecule has 6 nitrogen and oxygen atoms in total. The molecule has 0 aliphatic rings. The lowest BCUT2D eigenvalue weighted by atomic mass is 10.3. The summed E-state index contributed by atoms with van der Waals surface area (Å²) in [4.78, 5) is 9.78. The van der Waals surface area contributed by atoms with Crippen molar-refractivity contribution < 1.29 is 5.21 Å². The minimum atomic E-state index is 0.144. The fourth-order valence-corrected chi connectivity index (χ4v) is 2.69. The van der Waals surface area contributed by atoms with Crippen LogP contribution in [-0.4, -0.2) is 25.6 Å². The zero-order valence-corrected chi connectivity index (χ0v) is 11.4. The number of amidine groups is 1. The predicted octanol–water partition coefficient (Wildman–Crippen LogP) is 1.83. The number of hydrogen-bond acceptors (Lipinski definition) is 5. The molecule has 2 heterocycles. The highest BCUT2D eigenvalue weighted by Gasteiger charge is 2.12. The third kappa shape index (κ3) is 2.35. The number of oxime groups is 1. The number of imidazole rings is 1. The van der Waals surface area contributed by atoms with Crippen LogP contribution in [0, 0.1) is 0 Å². The van der Waals surface area contributed by atoms with Crippen molar-refractivity contribution in [1.29, 1.82) is 0 Å². The molecule has 102 valence electrons. The second kappa shape index (κ2) is 5.30. The molecule has 1 aromatic carbocycles. The Bertz CT molecular complexity index is 747. The highest BCUT2D eigenvalue weighted by molar-refractivity contribution is 7.09. The van der Waals surface area contributed by atoms with Gasteiger partial charge in [-0.1, -0.05) is 17.3 Å². The Morgan fingerprint density at radius 1 is 1.40 bits per heavy atom. The monoisotopic (exact) mass is 287 g/mol. The van der Waals surface area contributed by atoms with Gasteiger partial charge in [0, 0.05) is 11.1 Å². The molecule has 0 amide bonds. The van der Waals surface area contributed by atoms with Crippen molar-refractivity contribution in [2.45, 2.75) is 13.0 Å². The molecule has 3 aromatic rings. The number of fused-ring (bicyclic) bond motifs is 1. The minimum Gasteiger partial charge on any atom is -0.409 e. The van der Waals surface area contributed by atoms with E-state index in [4.69, 9.17) is 10.9 Å². The Kier molecular flexibility index (Phi) is 3.34. The lowest BCUT2D eigenvalue weighted by Crippen LogP contribution is -2.18. The number of aromatic nitrogens is 3. The Labute approximate surface area is 119 Å². The Morgan fingerprint density at radius 3 is 3.00 bits per heavy atom. The van der Waals surface area contributed by atoms with Crippen LogP contribution >= 0.6 is 11.3 Å². The van der Waals surface area contributed by atoms with Crippen molar-refractivity contribution >= 4 is 28.2 Å². The average molecular weight is 287 g/mol. The number of benzene rings is 1. The summed E-state index contributed by atoms with van der Waals surface area (Å²) >= 11 is 1.59. The first kappa shape index (κ1) is 12.6. The minimum absolute atomic E-state index is 0.144. The van der Waals surface area contributed by atoms with Gasteiger partial charge in [0.2, 0.25) is 0 Å². The van der Waals surface area contributed by atoms with Crippen LogP contribution in [0.1, 0.15) is 10.7 Å². The van der Waals surface area contributed by atoms with Crippen molar-refractivity contribution in [2.75, 3.05) is 0 Å².